The largest absolute Gasteiger partial charge is 0.392 e. The lowest BCUT2D eigenvalue weighted by Gasteiger charge is -2.39. The molecule has 2 heteroatoms. The SMILES string of the molecule is O=C1C[C@@H](O)[C@H]2CCc3ccccc3[C@@H]2C1. The van der Waals surface area contributed by atoms with Crippen LogP contribution in [0.1, 0.15) is 36.3 Å². The second kappa shape index (κ2) is 3.70. The van der Waals surface area contributed by atoms with Gasteiger partial charge in [0.1, 0.15) is 5.78 Å². The number of ketones is 1. The molecule has 1 N–H and O–H groups in total. The summed E-state index contributed by atoms with van der Waals surface area (Å²) >= 11 is 0. The minimum Gasteiger partial charge on any atom is -0.392 e. The van der Waals surface area contributed by atoms with Crippen LogP contribution in [-0.4, -0.2) is 17.0 Å². The van der Waals surface area contributed by atoms with Crippen molar-refractivity contribution in [3.05, 3.63) is 35.4 Å². The average molecular weight is 216 g/mol. The molecule has 16 heavy (non-hydrogen) atoms. The normalized spacial score (nSPS) is 33.1. The Morgan fingerprint density at radius 3 is 2.88 bits per heavy atom. The second-order valence-corrected chi connectivity index (χ2v) is 5.02. The first-order valence-corrected chi connectivity index (χ1v) is 6.03. The highest BCUT2D eigenvalue weighted by Crippen LogP contribution is 2.43. The Hall–Kier alpha value is -1.15. The zero-order chi connectivity index (χ0) is 11.1. The highest BCUT2D eigenvalue weighted by molar-refractivity contribution is 5.81. The van der Waals surface area contributed by atoms with E-state index in [9.17, 15) is 9.90 Å². The van der Waals surface area contributed by atoms with Gasteiger partial charge in [-0.3, -0.25) is 4.79 Å². The number of fused-ring (bicyclic) bond motifs is 3. The van der Waals surface area contributed by atoms with Crippen LogP contribution in [0.5, 0.6) is 0 Å². The summed E-state index contributed by atoms with van der Waals surface area (Å²) in [6.45, 7) is 0. The molecule has 3 atom stereocenters. The van der Waals surface area contributed by atoms with Gasteiger partial charge < -0.3 is 5.11 Å². The quantitative estimate of drug-likeness (QED) is 0.720. The summed E-state index contributed by atoms with van der Waals surface area (Å²) in [7, 11) is 0. The van der Waals surface area contributed by atoms with Gasteiger partial charge in [-0.15, -0.1) is 0 Å². The Balaban J connectivity index is 2.01. The van der Waals surface area contributed by atoms with E-state index in [-0.39, 0.29) is 11.7 Å². The van der Waals surface area contributed by atoms with Crippen molar-refractivity contribution < 1.29 is 9.90 Å². The van der Waals surface area contributed by atoms with Gasteiger partial charge in [-0.2, -0.15) is 0 Å². The van der Waals surface area contributed by atoms with Crippen molar-refractivity contribution >= 4 is 5.78 Å². The fourth-order valence-corrected chi connectivity index (χ4v) is 3.31. The zero-order valence-electron chi connectivity index (χ0n) is 9.23. The minimum atomic E-state index is -0.417. The van der Waals surface area contributed by atoms with Gasteiger partial charge in [0.25, 0.3) is 0 Å². The molecule has 2 nitrogen and oxygen atoms in total. The van der Waals surface area contributed by atoms with Gasteiger partial charge in [0.2, 0.25) is 0 Å². The van der Waals surface area contributed by atoms with Crippen LogP contribution in [0.3, 0.4) is 0 Å². The van der Waals surface area contributed by atoms with E-state index >= 15 is 0 Å². The van der Waals surface area contributed by atoms with E-state index in [1.165, 1.54) is 11.1 Å². The Morgan fingerprint density at radius 2 is 2.00 bits per heavy atom. The molecule has 1 fully saturated rings. The Morgan fingerprint density at radius 1 is 1.19 bits per heavy atom. The number of Topliss-reactive ketones (excluding diaryl/α,β-unsaturated/α-hetero) is 1. The number of aliphatic hydroxyl groups excluding tert-OH is 1. The van der Waals surface area contributed by atoms with Gasteiger partial charge in [0, 0.05) is 12.8 Å². The monoisotopic (exact) mass is 216 g/mol. The van der Waals surface area contributed by atoms with Gasteiger partial charge in [0.05, 0.1) is 6.10 Å². The molecule has 1 saturated carbocycles. The number of carbonyl (C=O) groups is 1. The lowest BCUT2D eigenvalue weighted by Crippen LogP contribution is -2.38. The van der Waals surface area contributed by atoms with Crippen molar-refractivity contribution in [3.8, 4) is 0 Å². The summed E-state index contributed by atoms with van der Waals surface area (Å²) in [6, 6.07) is 8.36. The Kier molecular flexibility index (Phi) is 2.32. The topological polar surface area (TPSA) is 37.3 Å². The molecule has 84 valence electrons. The summed E-state index contributed by atoms with van der Waals surface area (Å²) in [5.41, 5.74) is 2.66. The van der Waals surface area contributed by atoms with Crippen LogP contribution < -0.4 is 0 Å². The average Bonchev–Trinajstić information content (AvgIpc) is 2.28. The molecule has 0 aliphatic heterocycles. The fraction of sp³-hybridized carbons (Fsp3) is 0.500. The van der Waals surface area contributed by atoms with Gasteiger partial charge in [-0.1, -0.05) is 24.3 Å². The number of benzene rings is 1. The molecule has 2 aliphatic carbocycles. The fourth-order valence-electron chi connectivity index (χ4n) is 3.31. The zero-order valence-corrected chi connectivity index (χ0v) is 9.23. The summed E-state index contributed by atoms with van der Waals surface area (Å²) in [4.78, 5) is 11.6. The van der Waals surface area contributed by atoms with Crippen LogP contribution in [0.4, 0.5) is 0 Å². The van der Waals surface area contributed by atoms with Crippen molar-refractivity contribution in [1.29, 1.82) is 0 Å². The number of aryl methyl sites for hydroxylation is 1. The third-order valence-corrected chi connectivity index (χ3v) is 4.10. The molecule has 1 aromatic carbocycles. The molecule has 0 radical (unpaired) electrons. The number of hydrogen-bond acceptors (Lipinski definition) is 2. The summed E-state index contributed by atoms with van der Waals surface area (Å²) < 4.78 is 0. The third-order valence-electron chi connectivity index (χ3n) is 4.10. The van der Waals surface area contributed by atoms with Gasteiger partial charge in [-0.05, 0) is 35.8 Å². The van der Waals surface area contributed by atoms with Crippen molar-refractivity contribution in [3.63, 3.8) is 0 Å². The number of hydrogen-bond donors (Lipinski definition) is 1. The first-order valence-electron chi connectivity index (χ1n) is 6.03. The van der Waals surface area contributed by atoms with Crippen molar-refractivity contribution in [2.75, 3.05) is 0 Å². The highest BCUT2D eigenvalue weighted by Gasteiger charge is 2.39. The van der Waals surface area contributed by atoms with Crippen molar-refractivity contribution in [1.82, 2.24) is 0 Å². The number of carbonyl (C=O) groups excluding carboxylic acids is 1. The third kappa shape index (κ3) is 1.49. The summed E-state index contributed by atoms with van der Waals surface area (Å²) in [5.74, 6) is 0.777. The molecule has 0 saturated heterocycles. The van der Waals surface area contributed by atoms with Gasteiger partial charge in [0.15, 0.2) is 0 Å². The van der Waals surface area contributed by atoms with Crippen LogP contribution in [0, 0.1) is 5.92 Å². The van der Waals surface area contributed by atoms with Gasteiger partial charge >= 0.3 is 0 Å². The second-order valence-electron chi connectivity index (χ2n) is 5.02. The molecule has 0 amide bonds. The molecular formula is C14H16O2. The molecular weight excluding hydrogens is 200 g/mol. The molecule has 0 aromatic heterocycles. The molecule has 0 heterocycles. The van der Waals surface area contributed by atoms with E-state index in [0.29, 0.717) is 18.8 Å². The summed E-state index contributed by atoms with van der Waals surface area (Å²) in [5, 5.41) is 9.98. The smallest absolute Gasteiger partial charge is 0.136 e. The van der Waals surface area contributed by atoms with E-state index in [0.717, 1.165) is 12.8 Å². The molecule has 2 aliphatic rings. The van der Waals surface area contributed by atoms with Crippen molar-refractivity contribution in [2.24, 2.45) is 5.92 Å². The van der Waals surface area contributed by atoms with Crippen LogP contribution in [0.2, 0.25) is 0 Å². The first-order chi connectivity index (χ1) is 7.75. The predicted molar refractivity (Wildman–Crippen MR) is 61.2 cm³/mol. The van der Waals surface area contributed by atoms with Gasteiger partial charge in [-0.25, -0.2) is 0 Å². The molecule has 3 rings (SSSR count). The van der Waals surface area contributed by atoms with Crippen LogP contribution >= 0.6 is 0 Å². The lowest BCUT2D eigenvalue weighted by atomic mass is 9.66. The number of rotatable bonds is 0. The van der Waals surface area contributed by atoms with Crippen LogP contribution in [-0.2, 0) is 11.2 Å². The highest BCUT2D eigenvalue weighted by atomic mass is 16.3. The Labute approximate surface area is 95.3 Å². The molecule has 0 spiro atoms. The summed E-state index contributed by atoms with van der Waals surface area (Å²) in [6.07, 6.45) is 2.64. The van der Waals surface area contributed by atoms with E-state index in [4.69, 9.17) is 0 Å². The van der Waals surface area contributed by atoms with Crippen LogP contribution in [0.25, 0.3) is 0 Å². The van der Waals surface area contributed by atoms with E-state index < -0.39 is 6.10 Å². The molecule has 0 unspecified atom stereocenters. The maximum atomic E-state index is 11.6. The maximum Gasteiger partial charge on any atom is 0.136 e. The van der Waals surface area contributed by atoms with Crippen LogP contribution in [0.15, 0.2) is 24.3 Å². The number of aliphatic hydroxyl groups is 1. The molecule has 0 bridgehead atoms. The van der Waals surface area contributed by atoms with Crippen molar-refractivity contribution in [2.45, 2.75) is 37.7 Å². The first kappa shape index (κ1) is 10.0. The molecule has 1 aromatic rings. The van der Waals surface area contributed by atoms with E-state index in [2.05, 4.69) is 18.2 Å². The van der Waals surface area contributed by atoms with E-state index in [1.54, 1.807) is 0 Å². The maximum absolute atomic E-state index is 11.6. The minimum absolute atomic E-state index is 0.213. The standard InChI is InChI=1S/C14H16O2/c15-10-7-13-11-4-2-1-3-9(11)5-6-12(13)14(16)8-10/h1-4,12-14,16H,5-8H2/t12-,13-,14+/m0/s1. The van der Waals surface area contributed by atoms with E-state index in [1.807, 2.05) is 6.07 Å². The Bertz CT molecular complexity index is 424. The predicted octanol–water partition coefficient (Wildman–Crippen LogP) is 2.06. The lowest BCUT2D eigenvalue weighted by molar-refractivity contribution is -0.126.